The minimum Gasteiger partial charge on any atom is -0.319 e. The predicted molar refractivity (Wildman–Crippen MR) is 89.6 cm³/mol. The van der Waals surface area contributed by atoms with Crippen molar-refractivity contribution in [3.63, 3.8) is 0 Å². The van der Waals surface area contributed by atoms with Crippen molar-refractivity contribution in [1.29, 1.82) is 0 Å². The molecule has 2 unspecified atom stereocenters. The van der Waals surface area contributed by atoms with Crippen molar-refractivity contribution in [3.05, 3.63) is 11.9 Å². The Morgan fingerprint density at radius 3 is 2.78 bits per heavy atom. The second-order valence-corrected chi connectivity index (χ2v) is 7.71. The number of aromatic nitrogens is 2. The van der Waals surface area contributed by atoms with Crippen LogP contribution < -0.4 is 10.6 Å². The van der Waals surface area contributed by atoms with E-state index in [-0.39, 0.29) is 6.03 Å². The highest BCUT2D eigenvalue weighted by Gasteiger charge is 2.37. The van der Waals surface area contributed by atoms with Crippen LogP contribution in [-0.4, -0.2) is 45.9 Å². The number of amides is 2. The van der Waals surface area contributed by atoms with Gasteiger partial charge in [-0.05, 0) is 31.6 Å². The summed E-state index contributed by atoms with van der Waals surface area (Å²) in [7, 11) is 0. The summed E-state index contributed by atoms with van der Waals surface area (Å²) < 4.78 is 2.10. The molecule has 4 aliphatic rings. The number of piperazine rings is 1. The normalized spacial score (nSPS) is 26.8. The molecule has 5 rings (SSSR count). The van der Waals surface area contributed by atoms with E-state index in [1.165, 1.54) is 25.0 Å². The first-order chi connectivity index (χ1) is 11.1. The average Bonchev–Trinajstić information content (AvgIpc) is 3.31. The number of rotatable bonds is 4. The Morgan fingerprint density at radius 1 is 1.39 bits per heavy atom. The van der Waals surface area contributed by atoms with Gasteiger partial charge in [-0.15, -0.1) is 0 Å². The van der Waals surface area contributed by atoms with E-state index >= 15 is 0 Å². The zero-order valence-electron chi connectivity index (χ0n) is 14.1. The van der Waals surface area contributed by atoms with Gasteiger partial charge in [0, 0.05) is 37.6 Å². The fourth-order valence-corrected chi connectivity index (χ4v) is 3.91. The number of carbonyl (C=O) groups is 1. The van der Waals surface area contributed by atoms with Crippen LogP contribution in [0.2, 0.25) is 0 Å². The summed E-state index contributed by atoms with van der Waals surface area (Å²) in [6.07, 6.45) is 6.58. The summed E-state index contributed by atoms with van der Waals surface area (Å²) in [4.78, 5) is 14.7. The van der Waals surface area contributed by atoms with Crippen molar-refractivity contribution < 1.29 is 4.79 Å². The van der Waals surface area contributed by atoms with E-state index in [0.717, 1.165) is 31.7 Å². The third kappa shape index (κ3) is 2.96. The number of piperidine rings is 2. The zero-order valence-corrected chi connectivity index (χ0v) is 14.1. The molecule has 0 aromatic carbocycles. The van der Waals surface area contributed by atoms with Gasteiger partial charge in [0.1, 0.15) is 0 Å². The first-order valence-electron chi connectivity index (χ1n) is 8.98. The lowest BCUT2D eigenvalue weighted by atomic mass is 9.93. The maximum Gasteiger partial charge on any atom is 0.322 e. The highest BCUT2D eigenvalue weighted by Crippen LogP contribution is 2.43. The van der Waals surface area contributed by atoms with Crippen molar-refractivity contribution >= 4 is 11.7 Å². The summed E-state index contributed by atoms with van der Waals surface area (Å²) in [5.74, 6) is 1.13. The Kier molecular flexibility index (Phi) is 3.79. The Morgan fingerprint density at radius 2 is 2.22 bits per heavy atom. The average molecular weight is 317 g/mol. The second kappa shape index (κ2) is 5.82. The standard InChI is InChI=1S/C17H27N5O/c1-11(2)9-22-16(12-3-4-12)15(8-19-22)20-17(23)21-10-13-5-6-14(21)7-18-13/h8,11-14,18H,3-7,9-10H2,1-2H3,(H,20,23). The minimum absolute atomic E-state index is 0.0483. The van der Waals surface area contributed by atoms with Crippen molar-refractivity contribution in [3.8, 4) is 0 Å². The van der Waals surface area contributed by atoms with Gasteiger partial charge in [-0.1, -0.05) is 13.8 Å². The Hall–Kier alpha value is -1.56. The van der Waals surface area contributed by atoms with Gasteiger partial charge in [0.2, 0.25) is 0 Å². The number of fused-ring (bicyclic) bond motifs is 3. The van der Waals surface area contributed by atoms with Crippen molar-refractivity contribution in [2.24, 2.45) is 5.92 Å². The SMILES string of the molecule is CC(C)Cn1ncc(NC(=O)N2CC3CCC2CN3)c1C1CC1. The van der Waals surface area contributed by atoms with Gasteiger partial charge in [-0.25, -0.2) is 4.79 Å². The number of hydrogen-bond acceptors (Lipinski definition) is 3. The van der Waals surface area contributed by atoms with Crippen LogP contribution in [0.4, 0.5) is 10.5 Å². The maximum atomic E-state index is 12.7. The molecule has 3 saturated heterocycles. The molecular weight excluding hydrogens is 290 g/mol. The lowest BCUT2D eigenvalue weighted by Crippen LogP contribution is -2.63. The first-order valence-corrected chi connectivity index (χ1v) is 8.98. The van der Waals surface area contributed by atoms with E-state index in [1.54, 1.807) is 0 Å². The molecule has 6 nitrogen and oxygen atoms in total. The number of carbonyl (C=O) groups excluding carboxylic acids is 1. The van der Waals surface area contributed by atoms with Crippen molar-refractivity contribution in [2.45, 2.75) is 64.1 Å². The number of hydrogen-bond donors (Lipinski definition) is 2. The summed E-state index contributed by atoms with van der Waals surface area (Å²) in [5.41, 5.74) is 2.15. The summed E-state index contributed by atoms with van der Waals surface area (Å²) in [6, 6.07) is 0.861. The third-order valence-electron chi connectivity index (χ3n) is 5.23. The van der Waals surface area contributed by atoms with Crippen LogP contribution in [-0.2, 0) is 6.54 Å². The Bertz CT molecular complexity index is 584. The van der Waals surface area contributed by atoms with Gasteiger partial charge in [0.05, 0.1) is 17.6 Å². The van der Waals surface area contributed by atoms with Gasteiger partial charge in [-0.2, -0.15) is 5.10 Å². The van der Waals surface area contributed by atoms with Gasteiger partial charge in [0.25, 0.3) is 0 Å². The number of urea groups is 1. The van der Waals surface area contributed by atoms with Gasteiger partial charge in [0.15, 0.2) is 0 Å². The van der Waals surface area contributed by atoms with Crippen molar-refractivity contribution in [2.75, 3.05) is 18.4 Å². The van der Waals surface area contributed by atoms with Crippen LogP contribution in [0.25, 0.3) is 0 Å². The van der Waals surface area contributed by atoms with Crippen molar-refractivity contribution in [1.82, 2.24) is 20.0 Å². The molecule has 2 bridgehead atoms. The molecule has 0 spiro atoms. The fraction of sp³-hybridized carbons (Fsp3) is 0.765. The van der Waals surface area contributed by atoms with E-state index in [2.05, 4.69) is 34.3 Å². The zero-order chi connectivity index (χ0) is 16.0. The summed E-state index contributed by atoms with van der Waals surface area (Å²) >= 11 is 0. The second-order valence-electron chi connectivity index (χ2n) is 7.71. The van der Waals surface area contributed by atoms with Crippen LogP contribution in [0.15, 0.2) is 6.20 Å². The monoisotopic (exact) mass is 317 g/mol. The first kappa shape index (κ1) is 15.0. The van der Waals surface area contributed by atoms with E-state index in [0.29, 0.717) is 23.9 Å². The molecule has 23 heavy (non-hydrogen) atoms. The molecule has 4 fully saturated rings. The van der Waals surface area contributed by atoms with Gasteiger partial charge < -0.3 is 15.5 Å². The smallest absolute Gasteiger partial charge is 0.319 e. The van der Waals surface area contributed by atoms with Crippen LogP contribution in [0.5, 0.6) is 0 Å². The Labute approximate surface area is 137 Å². The minimum atomic E-state index is 0.0483. The number of nitrogens with zero attached hydrogens (tertiary/aromatic N) is 3. The quantitative estimate of drug-likeness (QED) is 0.896. The van der Waals surface area contributed by atoms with Crippen LogP contribution in [0.1, 0.15) is 51.1 Å². The predicted octanol–water partition coefficient (Wildman–Crippen LogP) is 2.38. The molecule has 2 amide bonds. The lowest BCUT2D eigenvalue weighted by molar-refractivity contribution is 0.106. The van der Waals surface area contributed by atoms with E-state index < -0.39 is 0 Å². The van der Waals surface area contributed by atoms with Crippen LogP contribution in [0.3, 0.4) is 0 Å². The van der Waals surface area contributed by atoms with Gasteiger partial charge in [-0.3, -0.25) is 4.68 Å². The Balaban J connectivity index is 1.50. The molecule has 1 saturated carbocycles. The van der Waals surface area contributed by atoms with E-state index in [4.69, 9.17) is 0 Å². The maximum absolute atomic E-state index is 12.7. The molecule has 1 aliphatic carbocycles. The molecule has 2 N–H and O–H groups in total. The van der Waals surface area contributed by atoms with E-state index in [9.17, 15) is 4.79 Å². The number of nitrogens with one attached hydrogen (secondary N) is 2. The third-order valence-corrected chi connectivity index (χ3v) is 5.23. The molecule has 1 aromatic heterocycles. The van der Waals surface area contributed by atoms with Gasteiger partial charge >= 0.3 is 6.03 Å². The molecule has 4 heterocycles. The molecule has 3 aliphatic heterocycles. The van der Waals surface area contributed by atoms with Crippen LogP contribution >= 0.6 is 0 Å². The molecular formula is C17H27N5O. The fourth-order valence-electron chi connectivity index (χ4n) is 3.91. The molecule has 1 aromatic rings. The molecule has 0 radical (unpaired) electrons. The lowest BCUT2D eigenvalue weighted by Gasteiger charge is -2.45. The highest BCUT2D eigenvalue weighted by molar-refractivity contribution is 5.90. The van der Waals surface area contributed by atoms with Crippen LogP contribution in [0, 0.1) is 5.92 Å². The highest BCUT2D eigenvalue weighted by atomic mass is 16.2. The molecule has 126 valence electrons. The molecule has 2 atom stereocenters. The summed E-state index contributed by atoms with van der Waals surface area (Å²) in [5, 5.41) is 11.2. The topological polar surface area (TPSA) is 62.2 Å². The molecule has 6 heteroatoms. The number of anilines is 1. The largest absolute Gasteiger partial charge is 0.322 e. The summed E-state index contributed by atoms with van der Waals surface area (Å²) in [6.45, 7) is 7.08. The van der Waals surface area contributed by atoms with E-state index in [1.807, 2.05) is 11.1 Å².